The summed E-state index contributed by atoms with van der Waals surface area (Å²) in [6.07, 6.45) is 2.29. The summed E-state index contributed by atoms with van der Waals surface area (Å²) < 4.78 is 12.8. The number of carbonyl (C=O) groups excluding carboxylic acids is 3. The second-order valence-electron chi connectivity index (χ2n) is 7.52. The van der Waals surface area contributed by atoms with Gasteiger partial charge in [0, 0.05) is 29.5 Å². The van der Waals surface area contributed by atoms with Gasteiger partial charge in [-0.15, -0.1) is 0 Å². The van der Waals surface area contributed by atoms with Crippen molar-refractivity contribution in [3.63, 3.8) is 0 Å². The molecule has 1 aromatic heterocycles. The number of esters is 1. The minimum absolute atomic E-state index is 0.00838. The van der Waals surface area contributed by atoms with Crippen LogP contribution in [-0.2, 0) is 14.3 Å². The van der Waals surface area contributed by atoms with E-state index in [4.69, 9.17) is 9.47 Å². The van der Waals surface area contributed by atoms with E-state index in [1.54, 1.807) is 12.1 Å². The van der Waals surface area contributed by atoms with Crippen LogP contribution in [0.4, 0.5) is 5.69 Å². The fourth-order valence-corrected chi connectivity index (χ4v) is 3.85. The molecule has 0 saturated heterocycles. The molecule has 2 heterocycles. The lowest BCUT2D eigenvalue weighted by atomic mass is 10.1. The molecule has 0 N–H and O–H groups in total. The lowest BCUT2D eigenvalue weighted by molar-refractivity contribution is -0.142. The number of aryl methyl sites for hydroxylation is 1. The first-order valence-electron chi connectivity index (χ1n) is 9.85. The molecular weight excluding hydrogens is 372 g/mol. The third-order valence-corrected chi connectivity index (χ3v) is 5.41. The third-order valence-electron chi connectivity index (χ3n) is 5.41. The normalized spacial score (nSPS) is 15.7. The van der Waals surface area contributed by atoms with Crippen LogP contribution in [0, 0.1) is 13.8 Å². The topological polar surface area (TPSA) is 77.8 Å². The molecule has 0 radical (unpaired) electrons. The van der Waals surface area contributed by atoms with Gasteiger partial charge in [0.25, 0.3) is 5.91 Å². The van der Waals surface area contributed by atoms with Crippen molar-refractivity contribution in [1.82, 2.24) is 4.57 Å². The number of hydrogen-bond donors (Lipinski definition) is 0. The molecule has 0 atom stereocenters. The molecule has 1 aromatic carbocycles. The molecule has 1 amide bonds. The van der Waals surface area contributed by atoms with Gasteiger partial charge in [-0.1, -0.05) is 12.1 Å². The molecule has 7 heteroatoms. The number of benzene rings is 1. The van der Waals surface area contributed by atoms with Crippen LogP contribution in [0.15, 0.2) is 30.3 Å². The number of aromatic nitrogens is 1. The SMILES string of the molecule is Cc1cc(C(=O)COC(=O)CCN2C(=O)COc3ccccc32)c(C)n1C1CC1. The number of fused-ring (bicyclic) bond motifs is 1. The molecule has 1 aliphatic carbocycles. The predicted octanol–water partition coefficient (Wildman–Crippen LogP) is 2.98. The Kier molecular flexibility index (Phi) is 5.13. The van der Waals surface area contributed by atoms with Crippen molar-refractivity contribution in [1.29, 1.82) is 0 Å². The summed E-state index contributed by atoms with van der Waals surface area (Å²) in [6.45, 7) is 3.76. The van der Waals surface area contributed by atoms with E-state index in [0.717, 1.165) is 24.2 Å². The molecule has 1 saturated carbocycles. The Labute approximate surface area is 169 Å². The number of Topliss-reactive ketones (excluding diaryl/α,β-unsaturated/α-hetero) is 1. The molecule has 2 aliphatic rings. The zero-order valence-electron chi connectivity index (χ0n) is 16.6. The molecule has 29 heavy (non-hydrogen) atoms. The van der Waals surface area contributed by atoms with Gasteiger partial charge in [0.05, 0.1) is 12.1 Å². The predicted molar refractivity (Wildman–Crippen MR) is 106 cm³/mol. The zero-order valence-corrected chi connectivity index (χ0v) is 16.6. The highest BCUT2D eigenvalue weighted by Crippen LogP contribution is 2.38. The van der Waals surface area contributed by atoms with Gasteiger partial charge in [0.15, 0.2) is 13.2 Å². The van der Waals surface area contributed by atoms with Crippen molar-refractivity contribution in [2.45, 2.75) is 39.2 Å². The van der Waals surface area contributed by atoms with Gasteiger partial charge in [0.1, 0.15) is 5.75 Å². The van der Waals surface area contributed by atoms with Gasteiger partial charge in [-0.2, -0.15) is 0 Å². The first kappa shape index (κ1) is 19.2. The Morgan fingerprint density at radius 1 is 1.21 bits per heavy atom. The minimum Gasteiger partial charge on any atom is -0.482 e. The van der Waals surface area contributed by atoms with E-state index in [0.29, 0.717) is 23.0 Å². The molecule has 7 nitrogen and oxygen atoms in total. The summed E-state index contributed by atoms with van der Waals surface area (Å²) in [4.78, 5) is 38.4. The van der Waals surface area contributed by atoms with Gasteiger partial charge < -0.3 is 18.9 Å². The molecular formula is C22H24N2O5. The van der Waals surface area contributed by atoms with E-state index in [-0.39, 0.29) is 37.9 Å². The van der Waals surface area contributed by atoms with E-state index in [1.807, 2.05) is 32.0 Å². The Morgan fingerprint density at radius 3 is 2.72 bits per heavy atom. The molecule has 0 unspecified atom stereocenters. The molecule has 4 rings (SSSR count). The fourth-order valence-electron chi connectivity index (χ4n) is 3.85. The second kappa shape index (κ2) is 7.73. The average molecular weight is 396 g/mol. The summed E-state index contributed by atoms with van der Waals surface area (Å²) >= 11 is 0. The number of hydrogen-bond acceptors (Lipinski definition) is 5. The number of ketones is 1. The monoisotopic (exact) mass is 396 g/mol. The van der Waals surface area contributed by atoms with Gasteiger partial charge >= 0.3 is 5.97 Å². The van der Waals surface area contributed by atoms with E-state index < -0.39 is 5.97 Å². The van der Waals surface area contributed by atoms with E-state index >= 15 is 0 Å². The summed E-state index contributed by atoms with van der Waals surface area (Å²) in [5, 5.41) is 0. The average Bonchev–Trinajstić information content (AvgIpc) is 3.49. The van der Waals surface area contributed by atoms with Crippen LogP contribution in [0.1, 0.15) is 47.1 Å². The summed E-state index contributed by atoms with van der Waals surface area (Å²) in [5.74, 6) is -0.306. The van der Waals surface area contributed by atoms with Crippen molar-refractivity contribution in [2.24, 2.45) is 0 Å². The van der Waals surface area contributed by atoms with Crippen molar-refractivity contribution in [3.05, 3.63) is 47.3 Å². The number of carbonyl (C=O) groups is 3. The van der Waals surface area contributed by atoms with Crippen molar-refractivity contribution >= 4 is 23.3 Å². The maximum atomic E-state index is 12.5. The highest BCUT2D eigenvalue weighted by Gasteiger charge is 2.29. The van der Waals surface area contributed by atoms with Crippen LogP contribution in [0.3, 0.4) is 0 Å². The Bertz CT molecular complexity index is 974. The third kappa shape index (κ3) is 3.90. The van der Waals surface area contributed by atoms with Crippen molar-refractivity contribution in [2.75, 3.05) is 24.7 Å². The Morgan fingerprint density at radius 2 is 1.97 bits per heavy atom. The number of nitrogens with zero attached hydrogens (tertiary/aromatic N) is 2. The quantitative estimate of drug-likeness (QED) is 0.531. The highest BCUT2D eigenvalue weighted by molar-refractivity contribution is 6.00. The van der Waals surface area contributed by atoms with E-state index in [1.165, 1.54) is 4.90 Å². The smallest absolute Gasteiger partial charge is 0.308 e. The Hall–Kier alpha value is -3.09. The van der Waals surface area contributed by atoms with Crippen LogP contribution < -0.4 is 9.64 Å². The lowest BCUT2D eigenvalue weighted by Gasteiger charge is -2.28. The molecule has 1 fully saturated rings. The number of para-hydroxylation sites is 2. The summed E-state index contributed by atoms with van der Waals surface area (Å²) in [5.41, 5.74) is 3.24. The number of amides is 1. The number of anilines is 1. The molecule has 0 spiro atoms. The standard InChI is InChI=1S/C22H24N2O5/c1-14-11-17(15(2)24(14)16-7-8-16)19(25)12-29-22(27)9-10-23-18-5-3-4-6-20(18)28-13-21(23)26/h3-6,11,16H,7-10,12-13H2,1-2H3. The second-order valence-corrected chi connectivity index (χ2v) is 7.52. The van der Waals surface area contributed by atoms with Crippen LogP contribution in [0.25, 0.3) is 0 Å². The van der Waals surface area contributed by atoms with E-state index in [2.05, 4.69) is 4.57 Å². The van der Waals surface area contributed by atoms with Crippen LogP contribution in [-0.4, -0.2) is 42.0 Å². The van der Waals surface area contributed by atoms with Crippen LogP contribution >= 0.6 is 0 Å². The first-order valence-corrected chi connectivity index (χ1v) is 9.85. The van der Waals surface area contributed by atoms with Gasteiger partial charge in [-0.25, -0.2) is 0 Å². The Balaban J connectivity index is 1.32. The minimum atomic E-state index is -0.508. The summed E-state index contributed by atoms with van der Waals surface area (Å²) in [7, 11) is 0. The lowest BCUT2D eigenvalue weighted by Crippen LogP contribution is -2.40. The van der Waals surface area contributed by atoms with Crippen molar-refractivity contribution in [3.8, 4) is 5.75 Å². The fraction of sp³-hybridized carbons (Fsp3) is 0.409. The van der Waals surface area contributed by atoms with Gasteiger partial charge in [-0.05, 0) is 44.9 Å². The first-order chi connectivity index (χ1) is 14.0. The van der Waals surface area contributed by atoms with Crippen LogP contribution in [0.5, 0.6) is 5.75 Å². The molecule has 1 aliphatic heterocycles. The maximum Gasteiger partial charge on any atom is 0.308 e. The van der Waals surface area contributed by atoms with Gasteiger partial charge in [-0.3, -0.25) is 14.4 Å². The largest absolute Gasteiger partial charge is 0.482 e. The zero-order chi connectivity index (χ0) is 20.5. The van der Waals surface area contributed by atoms with E-state index in [9.17, 15) is 14.4 Å². The number of rotatable bonds is 7. The van der Waals surface area contributed by atoms with Crippen LogP contribution in [0.2, 0.25) is 0 Å². The van der Waals surface area contributed by atoms with Crippen molar-refractivity contribution < 1.29 is 23.9 Å². The maximum absolute atomic E-state index is 12.5. The van der Waals surface area contributed by atoms with Gasteiger partial charge in [0.2, 0.25) is 5.78 Å². The molecule has 0 bridgehead atoms. The molecule has 2 aromatic rings. The highest BCUT2D eigenvalue weighted by atomic mass is 16.5. The number of ether oxygens (including phenoxy) is 2. The summed E-state index contributed by atoms with van der Waals surface area (Å²) in [6, 6.07) is 9.55. The molecule has 152 valence electrons.